The lowest BCUT2D eigenvalue weighted by Crippen LogP contribution is -2.64. The van der Waals surface area contributed by atoms with Crippen molar-refractivity contribution < 1.29 is 9.59 Å². The number of nitrogens with zero attached hydrogens (tertiary/aromatic N) is 1. The molecule has 0 aromatic heterocycles. The van der Waals surface area contributed by atoms with Crippen molar-refractivity contribution in [1.29, 1.82) is 0 Å². The maximum Gasteiger partial charge on any atom is 0.246 e. The molecule has 0 aliphatic carbocycles. The zero-order chi connectivity index (χ0) is 13.0. The normalized spacial score (nSPS) is 26.9. The summed E-state index contributed by atoms with van der Waals surface area (Å²) in [4.78, 5) is 26.1. The fourth-order valence-electron chi connectivity index (χ4n) is 2.32. The monoisotopic (exact) mass is 240 g/mol. The first kappa shape index (κ1) is 14.0. The van der Waals surface area contributed by atoms with Crippen LogP contribution in [0.15, 0.2) is 0 Å². The summed E-state index contributed by atoms with van der Waals surface area (Å²) in [6.07, 6.45) is 2.47. The van der Waals surface area contributed by atoms with Crippen LogP contribution in [0.1, 0.15) is 47.0 Å². The molecular weight excluding hydrogens is 216 g/mol. The fourth-order valence-corrected chi connectivity index (χ4v) is 2.32. The van der Waals surface area contributed by atoms with Gasteiger partial charge in [0.15, 0.2) is 0 Å². The standard InChI is InChI=1S/C13H24N2O2/c1-5-8-15-10(7-3)12(16)14-11(13(15)17)9(4)6-2/h9-11H,5-8H2,1-4H3,(H,14,16). The van der Waals surface area contributed by atoms with Gasteiger partial charge in [-0.05, 0) is 18.8 Å². The van der Waals surface area contributed by atoms with Gasteiger partial charge in [0.05, 0.1) is 0 Å². The highest BCUT2D eigenvalue weighted by Crippen LogP contribution is 2.19. The highest BCUT2D eigenvalue weighted by atomic mass is 16.2. The van der Waals surface area contributed by atoms with Gasteiger partial charge in [-0.15, -0.1) is 0 Å². The Morgan fingerprint density at radius 3 is 2.41 bits per heavy atom. The molecule has 1 saturated heterocycles. The van der Waals surface area contributed by atoms with Crippen molar-refractivity contribution in [3.8, 4) is 0 Å². The highest BCUT2D eigenvalue weighted by Gasteiger charge is 2.40. The van der Waals surface area contributed by atoms with Gasteiger partial charge in [0.2, 0.25) is 11.8 Å². The number of piperazine rings is 1. The van der Waals surface area contributed by atoms with E-state index in [1.54, 1.807) is 4.90 Å². The molecule has 0 aromatic rings. The largest absolute Gasteiger partial charge is 0.342 e. The third-order valence-corrected chi connectivity index (χ3v) is 3.59. The Morgan fingerprint density at radius 1 is 1.29 bits per heavy atom. The first-order chi connectivity index (χ1) is 8.06. The quantitative estimate of drug-likeness (QED) is 0.792. The molecule has 3 unspecified atom stereocenters. The van der Waals surface area contributed by atoms with E-state index < -0.39 is 0 Å². The molecule has 4 heteroatoms. The molecule has 1 aliphatic rings. The van der Waals surface area contributed by atoms with Crippen LogP contribution in [-0.4, -0.2) is 35.3 Å². The van der Waals surface area contributed by atoms with Crippen LogP contribution in [0.2, 0.25) is 0 Å². The smallest absolute Gasteiger partial charge is 0.246 e. The van der Waals surface area contributed by atoms with E-state index in [9.17, 15) is 9.59 Å². The molecule has 0 spiro atoms. The van der Waals surface area contributed by atoms with Crippen LogP contribution in [0, 0.1) is 5.92 Å². The van der Waals surface area contributed by atoms with Crippen LogP contribution in [-0.2, 0) is 9.59 Å². The topological polar surface area (TPSA) is 49.4 Å². The van der Waals surface area contributed by atoms with Crippen LogP contribution < -0.4 is 5.32 Å². The molecular formula is C13H24N2O2. The van der Waals surface area contributed by atoms with E-state index in [2.05, 4.69) is 5.32 Å². The lowest BCUT2D eigenvalue weighted by atomic mass is 9.93. The van der Waals surface area contributed by atoms with Crippen LogP contribution in [0.3, 0.4) is 0 Å². The van der Waals surface area contributed by atoms with E-state index in [1.807, 2.05) is 27.7 Å². The molecule has 17 heavy (non-hydrogen) atoms. The Labute approximate surface area is 104 Å². The zero-order valence-electron chi connectivity index (χ0n) is 11.3. The van der Waals surface area contributed by atoms with Crippen molar-refractivity contribution in [3.05, 3.63) is 0 Å². The van der Waals surface area contributed by atoms with Crippen LogP contribution in [0.5, 0.6) is 0 Å². The van der Waals surface area contributed by atoms with Crippen LogP contribution in [0.25, 0.3) is 0 Å². The average Bonchev–Trinajstić information content (AvgIpc) is 2.33. The lowest BCUT2D eigenvalue weighted by Gasteiger charge is -2.40. The van der Waals surface area contributed by atoms with Gasteiger partial charge >= 0.3 is 0 Å². The predicted molar refractivity (Wildman–Crippen MR) is 67.5 cm³/mol. The SMILES string of the molecule is CCCN1C(=O)C(C(C)CC)NC(=O)C1CC. The third-order valence-electron chi connectivity index (χ3n) is 3.59. The second-order valence-electron chi connectivity index (χ2n) is 4.83. The molecule has 3 atom stereocenters. The summed E-state index contributed by atoms with van der Waals surface area (Å²) in [6.45, 7) is 8.71. The molecule has 0 bridgehead atoms. The van der Waals surface area contributed by atoms with E-state index in [0.717, 1.165) is 12.8 Å². The van der Waals surface area contributed by atoms with E-state index >= 15 is 0 Å². The number of hydrogen-bond donors (Lipinski definition) is 1. The molecule has 0 aromatic carbocycles. The van der Waals surface area contributed by atoms with E-state index in [-0.39, 0.29) is 29.8 Å². The number of carbonyl (C=O) groups excluding carboxylic acids is 2. The minimum absolute atomic E-state index is 0.00542. The van der Waals surface area contributed by atoms with Gasteiger partial charge in [-0.3, -0.25) is 9.59 Å². The molecule has 2 amide bonds. The second-order valence-corrected chi connectivity index (χ2v) is 4.83. The molecule has 1 fully saturated rings. The number of rotatable bonds is 5. The van der Waals surface area contributed by atoms with E-state index in [4.69, 9.17) is 0 Å². The van der Waals surface area contributed by atoms with E-state index in [0.29, 0.717) is 13.0 Å². The molecule has 0 saturated carbocycles. The maximum atomic E-state index is 12.3. The molecule has 1 rings (SSSR count). The first-order valence-electron chi connectivity index (χ1n) is 6.67. The van der Waals surface area contributed by atoms with Gasteiger partial charge in [0.1, 0.15) is 12.1 Å². The van der Waals surface area contributed by atoms with Crippen molar-refractivity contribution in [2.75, 3.05) is 6.54 Å². The Balaban J connectivity index is 2.89. The maximum absolute atomic E-state index is 12.3. The van der Waals surface area contributed by atoms with Crippen molar-refractivity contribution >= 4 is 11.8 Å². The Bertz CT molecular complexity index is 291. The summed E-state index contributed by atoms with van der Waals surface area (Å²) in [7, 11) is 0. The zero-order valence-corrected chi connectivity index (χ0v) is 11.3. The number of hydrogen-bond acceptors (Lipinski definition) is 2. The molecule has 0 radical (unpaired) electrons. The third kappa shape index (κ3) is 2.79. The minimum atomic E-state index is -0.332. The Morgan fingerprint density at radius 2 is 1.94 bits per heavy atom. The van der Waals surface area contributed by atoms with Crippen molar-refractivity contribution in [2.24, 2.45) is 5.92 Å². The highest BCUT2D eigenvalue weighted by molar-refractivity contribution is 5.97. The van der Waals surface area contributed by atoms with Crippen molar-refractivity contribution in [2.45, 2.75) is 59.0 Å². The lowest BCUT2D eigenvalue weighted by molar-refractivity contribution is -0.151. The molecule has 1 N–H and O–H groups in total. The van der Waals surface area contributed by atoms with Gasteiger partial charge in [-0.25, -0.2) is 0 Å². The summed E-state index contributed by atoms with van der Waals surface area (Å²) >= 11 is 0. The van der Waals surface area contributed by atoms with Gasteiger partial charge in [0, 0.05) is 6.54 Å². The predicted octanol–water partition coefficient (Wildman–Crippen LogP) is 1.55. The van der Waals surface area contributed by atoms with Crippen LogP contribution >= 0.6 is 0 Å². The second kappa shape index (κ2) is 6.03. The average molecular weight is 240 g/mol. The summed E-state index contributed by atoms with van der Waals surface area (Å²) in [5, 5.41) is 2.88. The molecule has 1 heterocycles. The molecule has 98 valence electrons. The first-order valence-corrected chi connectivity index (χ1v) is 6.67. The molecule has 1 aliphatic heterocycles. The van der Waals surface area contributed by atoms with Crippen LogP contribution in [0.4, 0.5) is 0 Å². The number of nitrogens with one attached hydrogen (secondary N) is 1. The minimum Gasteiger partial charge on any atom is -0.342 e. The summed E-state index contributed by atoms with van der Waals surface area (Å²) in [5.74, 6) is 0.294. The van der Waals surface area contributed by atoms with Gasteiger partial charge in [-0.2, -0.15) is 0 Å². The van der Waals surface area contributed by atoms with E-state index in [1.165, 1.54) is 0 Å². The van der Waals surface area contributed by atoms with Gasteiger partial charge in [-0.1, -0.05) is 34.1 Å². The van der Waals surface area contributed by atoms with Crippen molar-refractivity contribution in [1.82, 2.24) is 10.2 Å². The summed E-state index contributed by atoms with van der Waals surface area (Å²) < 4.78 is 0. The van der Waals surface area contributed by atoms with Crippen molar-refractivity contribution in [3.63, 3.8) is 0 Å². The summed E-state index contributed by atoms with van der Waals surface area (Å²) in [6, 6.07) is -0.607. The molecule has 4 nitrogen and oxygen atoms in total. The Kier molecular flexibility index (Phi) is 4.97. The number of amides is 2. The van der Waals surface area contributed by atoms with Gasteiger partial charge in [0.25, 0.3) is 0 Å². The fraction of sp³-hybridized carbons (Fsp3) is 0.846. The Hall–Kier alpha value is -1.06. The summed E-state index contributed by atoms with van der Waals surface area (Å²) in [5.41, 5.74) is 0. The van der Waals surface area contributed by atoms with Gasteiger partial charge < -0.3 is 10.2 Å². The number of carbonyl (C=O) groups is 2.